The highest BCUT2D eigenvalue weighted by Gasteiger charge is 2.30. The maximum Gasteiger partial charge on any atom is 0.510 e. The van der Waals surface area contributed by atoms with E-state index in [1.807, 2.05) is 0 Å². The molecule has 2 rings (SSSR count). The molecule has 1 heterocycles. The van der Waals surface area contributed by atoms with E-state index in [4.69, 9.17) is 4.74 Å². The topological polar surface area (TPSA) is 9.23 Å². The van der Waals surface area contributed by atoms with Gasteiger partial charge in [-0.1, -0.05) is 12.1 Å². The molecule has 1 aliphatic rings. The first-order valence-corrected chi connectivity index (χ1v) is 4.03. The van der Waals surface area contributed by atoms with Gasteiger partial charge in [0.1, 0.15) is 5.75 Å². The van der Waals surface area contributed by atoms with Crippen LogP contribution in [0.15, 0.2) is 18.2 Å². The molecule has 0 unspecified atom stereocenters. The molecule has 0 aliphatic carbocycles. The summed E-state index contributed by atoms with van der Waals surface area (Å²) in [5, 5.41) is 0. The van der Waals surface area contributed by atoms with Crippen LogP contribution in [-0.4, -0.2) is 13.6 Å². The third-order valence-corrected chi connectivity index (χ3v) is 2.13. The van der Waals surface area contributed by atoms with Gasteiger partial charge >= 0.3 is 6.98 Å². The largest absolute Gasteiger partial charge is 0.510 e. The number of hydrogen-bond donors (Lipinski definition) is 0. The first-order valence-electron chi connectivity index (χ1n) is 4.03. The molecule has 13 heavy (non-hydrogen) atoms. The third-order valence-electron chi connectivity index (χ3n) is 2.13. The summed E-state index contributed by atoms with van der Waals surface area (Å²) in [5.41, 5.74) is -0.190. The van der Waals surface area contributed by atoms with Gasteiger partial charge in [-0.15, -0.1) is 5.46 Å². The van der Waals surface area contributed by atoms with Crippen LogP contribution in [0, 0.1) is 0 Å². The number of ether oxygens (including phenoxy) is 1. The van der Waals surface area contributed by atoms with Crippen molar-refractivity contribution in [1.82, 2.24) is 0 Å². The molecule has 0 radical (unpaired) electrons. The van der Waals surface area contributed by atoms with Gasteiger partial charge in [-0.3, -0.25) is 0 Å². The Morgan fingerprint density at radius 2 is 2.00 bits per heavy atom. The van der Waals surface area contributed by atoms with Crippen molar-refractivity contribution < 1.29 is 17.7 Å². The van der Waals surface area contributed by atoms with E-state index in [0.29, 0.717) is 24.3 Å². The summed E-state index contributed by atoms with van der Waals surface area (Å²) in [6.45, 7) is -4.54. The second-order valence-electron chi connectivity index (χ2n) is 3.00. The Bertz CT molecular complexity index is 335. The number of benzene rings is 1. The maximum absolute atomic E-state index is 12.5. The molecule has 0 fully saturated rings. The summed E-state index contributed by atoms with van der Waals surface area (Å²) < 4.78 is 42.4. The lowest BCUT2D eigenvalue weighted by Gasteiger charge is -2.17. The van der Waals surface area contributed by atoms with Gasteiger partial charge < -0.3 is 17.7 Å². The van der Waals surface area contributed by atoms with E-state index in [2.05, 4.69) is 0 Å². The minimum atomic E-state index is -4.90. The Hall–Kier alpha value is -1.13. The van der Waals surface area contributed by atoms with Crippen LogP contribution in [0.25, 0.3) is 0 Å². The van der Waals surface area contributed by atoms with E-state index in [-0.39, 0.29) is 0 Å². The molecule has 1 aliphatic heterocycles. The van der Waals surface area contributed by atoms with Gasteiger partial charge in [0.05, 0.1) is 6.61 Å². The normalized spacial score (nSPS) is 15.3. The molecular weight excluding hydrogens is 180 g/mol. The molecule has 0 saturated carbocycles. The van der Waals surface area contributed by atoms with Crippen LogP contribution in [0.3, 0.4) is 0 Å². The Morgan fingerprint density at radius 1 is 1.23 bits per heavy atom. The van der Waals surface area contributed by atoms with Crippen molar-refractivity contribution in [3.8, 4) is 5.75 Å². The number of hydrogen-bond acceptors (Lipinski definition) is 1. The van der Waals surface area contributed by atoms with Gasteiger partial charge in [0.15, 0.2) is 0 Å². The van der Waals surface area contributed by atoms with Gasteiger partial charge in [0.25, 0.3) is 0 Å². The van der Waals surface area contributed by atoms with Crippen LogP contribution in [0.4, 0.5) is 12.9 Å². The van der Waals surface area contributed by atoms with Crippen LogP contribution in [0.2, 0.25) is 0 Å². The zero-order chi connectivity index (χ0) is 9.47. The molecule has 0 bridgehead atoms. The smallest absolute Gasteiger partial charge is 0.493 e. The predicted octanol–water partition coefficient (Wildman–Crippen LogP) is 1.68. The molecule has 0 atom stereocenters. The van der Waals surface area contributed by atoms with Crippen molar-refractivity contribution in [1.29, 1.82) is 0 Å². The molecule has 5 heteroatoms. The van der Waals surface area contributed by atoms with Crippen LogP contribution < -0.4 is 10.2 Å². The molecule has 70 valence electrons. The van der Waals surface area contributed by atoms with E-state index in [9.17, 15) is 12.9 Å². The second-order valence-corrected chi connectivity index (χ2v) is 3.00. The average molecular weight is 187 g/mol. The van der Waals surface area contributed by atoms with Crippen molar-refractivity contribution in [2.45, 2.75) is 6.42 Å². The van der Waals surface area contributed by atoms with Gasteiger partial charge in [0.2, 0.25) is 0 Å². The number of halogens is 3. The van der Waals surface area contributed by atoms with E-state index >= 15 is 0 Å². The molecule has 1 nitrogen and oxygen atoms in total. The van der Waals surface area contributed by atoms with E-state index in [1.54, 1.807) is 6.07 Å². The standard InChI is InChI=1S/C8H7BF3O/c10-9(11,12)7-2-1-3-8-6(7)4-5-13-8/h1-3H,4-5H2/q-1. The fraction of sp³-hybridized carbons (Fsp3) is 0.250. The van der Waals surface area contributed by atoms with Crippen LogP contribution in [0.5, 0.6) is 5.75 Å². The second kappa shape index (κ2) is 2.68. The molecule has 0 N–H and O–H groups in total. The monoisotopic (exact) mass is 187 g/mol. The summed E-state index contributed by atoms with van der Waals surface area (Å²) in [7, 11) is 0. The molecular formula is C8H7BF3O-. The lowest BCUT2D eigenvalue weighted by Crippen LogP contribution is -2.36. The first kappa shape index (κ1) is 8.47. The highest BCUT2D eigenvalue weighted by molar-refractivity contribution is 6.74. The van der Waals surface area contributed by atoms with Gasteiger partial charge in [-0.2, -0.15) is 0 Å². The van der Waals surface area contributed by atoms with Crippen molar-refractivity contribution in [3.05, 3.63) is 23.8 Å². The minimum absolute atomic E-state index is 0.315. The van der Waals surface area contributed by atoms with E-state index in [1.165, 1.54) is 6.07 Å². The zero-order valence-corrected chi connectivity index (χ0v) is 6.77. The quantitative estimate of drug-likeness (QED) is 0.607. The van der Waals surface area contributed by atoms with E-state index < -0.39 is 12.4 Å². The lowest BCUT2D eigenvalue weighted by molar-refractivity contribution is 0.357. The zero-order valence-electron chi connectivity index (χ0n) is 6.77. The summed E-state index contributed by atoms with van der Waals surface area (Å²) in [5.74, 6) is 0.386. The molecule has 0 amide bonds. The fourth-order valence-electron chi connectivity index (χ4n) is 1.56. The Labute approximate surface area is 73.6 Å². The van der Waals surface area contributed by atoms with Gasteiger partial charge in [-0.25, -0.2) is 0 Å². The lowest BCUT2D eigenvalue weighted by atomic mass is 9.76. The average Bonchev–Trinajstić information content (AvgIpc) is 2.48. The Balaban J connectivity index is 2.54. The SMILES string of the molecule is F[B-](F)(F)c1cccc2c1CCO2. The van der Waals surface area contributed by atoms with Crippen LogP contribution in [-0.2, 0) is 6.42 Å². The highest BCUT2D eigenvalue weighted by atomic mass is 19.4. The van der Waals surface area contributed by atoms with Crippen molar-refractivity contribution in [2.24, 2.45) is 0 Å². The Morgan fingerprint density at radius 3 is 2.69 bits per heavy atom. The van der Waals surface area contributed by atoms with E-state index in [0.717, 1.165) is 6.07 Å². The summed E-state index contributed by atoms with van der Waals surface area (Å²) >= 11 is 0. The molecule has 0 saturated heterocycles. The van der Waals surface area contributed by atoms with Crippen LogP contribution >= 0.6 is 0 Å². The molecule has 0 spiro atoms. The first-order chi connectivity index (χ1) is 6.09. The van der Waals surface area contributed by atoms with Gasteiger partial charge in [-0.05, 0) is 11.6 Å². The summed E-state index contributed by atoms with van der Waals surface area (Å²) in [6, 6.07) is 4.08. The minimum Gasteiger partial charge on any atom is -0.493 e. The van der Waals surface area contributed by atoms with Gasteiger partial charge in [0, 0.05) is 6.42 Å². The molecule has 1 aromatic carbocycles. The number of rotatable bonds is 1. The number of fused-ring (bicyclic) bond motifs is 1. The third kappa shape index (κ3) is 1.38. The maximum atomic E-state index is 12.5. The van der Waals surface area contributed by atoms with Crippen molar-refractivity contribution in [3.63, 3.8) is 0 Å². The Kier molecular flexibility index (Phi) is 1.75. The fourth-order valence-corrected chi connectivity index (χ4v) is 1.56. The van der Waals surface area contributed by atoms with Crippen molar-refractivity contribution in [2.75, 3.05) is 6.61 Å². The molecule has 0 aromatic heterocycles. The predicted molar refractivity (Wildman–Crippen MR) is 44.4 cm³/mol. The van der Waals surface area contributed by atoms with Crippen molar-refractivity contribution >= 4 is 12.4 Å². The van der Waals surface area contributed by atoms with Crippen LogP contribution in [0.1, 0.15) is 5.56 Å². The highest BCUT2D eigenvalue weighted by Crippen LogP contribution is 2.25. The summed E-state index contributed by atoms with van der Waals surface area (Å²) in [6.07, 6.45) is 0.368. The molecule has 1 aromatic rings. The summed E-state index contributed by atoms with van der Waals surface area (Å²) in [4.78, 5) is 0.